The van der Waals surface area contributed by atoms with Crippen molar-refractivity contribution in [2.24, 2.45) is 0 Å². The lowest BCUT2D eigenvalue weighted by molar-refractivity contribution is 0.270. The van der Waals surface area contributed by atoms with Crippen LogP contribution in [0.15, 0.2) is 24.3 Å². The molecule has 1 heterocycles. The molecule has 0 aliphatic carbocycles. The number of aromatic nitrogens is 2. The van der Waals surface area contributed by atoms with Gasteiger partial charge < -0.3 is 16.6 Å². The number of anilines is 2. The Morgan fingerprint density at radius 1 is 1.29 bits per heavy atom. The Morgan fingerprint density at radius 2 is 2.00 bits per heavy atom. The second-order valence-electron chi connectivity index (χ2n) is 3.91. The normalized spacial score (nSPS) is 10.7. The molecule has 0 unspecified atom stereocenters. The first-order valence-electron chi connectivity index (χ1n) is 5.43. The fourth-order valence-electron chi connectivity index (χ4n) is 1.79. The van der Waals surface area contributed by atoms with E-state index in [0.29, 0.717) is 23.7 Å². The van der Waals surface area contributed by atoms with Crippen molar-refractivity contribution < 1.29 is 5.11 Å². The average molecular weight is 232 g/mol. The van der Waals surface area contributed by atoms with Gasteiger partial charge in [0.15, 0.2) is 0 Å². The molecule has 0 aliphatic rings. The fraction of sp³-hybridized carbons (Fsp3) is 0.250. The maximum Gasteiger partial charge on any atom is 0.145 e. The minimum atomic E-state index is -0.0153. The molecule has 0 aliphatic heterocycles. The monoisotopic (exact) mass is 232 g/mol. The molecule has 2 rings (SSSR count). The highest BCUT2D eigenvalue weighted by atomic mass is 16.3. The zero-order chi connectivity index (χ0) is 12.4. The van der Waals surface area contributed by atoms with Crippen LogP contribution in [0.2, 0.25) is 0 Å². The molecule has 0 spiro atoms. The summed E-state index contributed by atoms with van der Waals surface area (Å²) >= 11 is 0. The predicted molar refractivity (Wildman–Crippen MR) is 68.3 cm³/mol. The number of aryl methyl sites for hydroxylation is 1. The van der Waals surface area contributed by atoms with Crippen molar-refractivity contribution >= 4 is 11.5 Å². The molecule has 5 N–H and O–H groups in total. The molecule has 0 amide bonds. The van der Waals surface area contributed by atoms with Crippen LogP contribution in [0.25, 0.3) is 11.3 Å². The maximum absolute atomic E-state index is 8.91. The Kier molecular flexibility index (Phi) is 3.01. The van der Waals surface area contributed by atoms with Crippen LogP contribution in [0, 0.1) is 6.92 Å². The van der Waals surface area contributed by atoms with E-state index in [2.05, 4.69) is 5.10 Å². The topological polar surface area (TPSA) is 90.1 Å². The van der Waals surface area contributed by atoms with E-state index in [1.165, 1.54) is 4.68 Å². The third-order valence-corrected chi connectivity index (χ3v) is 2.74. The quantitative estimate of drug-likeness (QED) is 0.736. The van der Waals surface area contributed by atoms with E-state index in [9.17, 15) is 0 Å². The van der Waals surface area contributed by atoms with Gasteiger partial charge in [-0.15, -0.1) is 0 Å². The third-order valence-electron chi connectivity index (χ3n) is 2.74. The van der Waals surface area contributed by atoms with E-state index >= 15 is 0 Å². The Labute approximate surface area is 99.7 Å². The predicted octanol–water partition coefficient (Wildman–Crippen LogP) is 1.02. The highest BCUT2D eigenvalue weighted by Gasteiger charge is 2.15. The van der Waals surface area contributed by atoms with Crippen LogP contribution in [-0.2, 0) is 6.54 Å². The summed E-state index contributed by atoms with van der Waals surface area (Å²) < 4.78 is 1.52. The second kappa shape index (κ2) is 4.47. The second-order valence-corrected chi connectivity index (χ2v) is 3.91. The SMILES string of the molecule is Cc1ccccc1-c1nn(CCO)c(N)c1N. The minimum absolute atomic E-state index is 0.0153. The smallest absolute Gasteiger partial charge is 0.145 e. The van der Waals surface area contributed by atoms with E-state index in [0.717, 1.165) is 11.1 Å². The van der Waals surface area contributed by atoms with Gasteiger partial charge in [-0.25, -0.2) is 4.68 Å². The summed E-state index contributed by atoms with van der Waals surface area (Å²) in [6.07, 6.45) is 0. The van der Waals surface area contributed by atoms with Crippen molar-refractivity contribution in [3.63, 3.8) is 0 Å². The van der Waals surface area contributed by atoms with Crippen LogP contribution < -0.4 is 11.5 Å². The van der Waals surface area contributed by atoms with Crippen LogP contribution in [-0.4, -0.2) is 21.5 Å². The van der Waals surface area contributed by atoms with E-state index in [1.807, 2.05) is 31.2 Å². The third kappa shape index (κ3) is 1.97. The van der Waals surface area contributed by atoms with Crippen molar-refractivity contribution in [1.82, 2.24) is 9.78 Å². The van der Waals surface area contributed by atoms with Crippen molar-refractivity contribution in [2.75, 3.05) is 18.1 Å². The molecule has 5 heteroatoms. The Hall–Kier alpha value is -2.01. The molecule has 0 saturated heterocycles. The highest BCUT2D eigenvalue weighted by molar-refractivity contribution is 5.81. The number of aliphatic hydroxyl groups excluding tert-OH is 1. The number of rotatable bonds is 3. The summed E-state index contributed by atoms with van der Waals surface area (Å²) in [6.45, 7) is 2.33. The van der Waals surface area contributed by atoms with Crippen LogP contribution >= 0.6 is 0 Å². The number of nitrogens with zero attached hydrogens (tertiary/aromatic N) is 2. The van der Waals surface area contributed by atoms with Crippen LogP contribution in [0.3, 0.4) is 0 Å². The average Bonchev–Trinajstić information content (AvgIpc) is 2.59. The van der Waals surface area contributed by atoms with E-state index in [-0.39, 0.29) is 6.61 Å². The number of nitrogens with two attached hydrogens (primary N) is 2. The zero-order valence-electron chi connectivity index (χ0n) is 9.72. The molecule has 0 radical (unpaired) electrons. The van der Waals surface area contributed by atoms with Crippen LogP contribution in [0.4, 0.5) is 11.5 Å². The molecule has 17 heavy (non-hydrogen) atoms. The van der Waals surface area contributed by atoms with Crippen molar-refractivity contribution in [2.45, 2.75) is 13.5 Å². The van der Waals surface area contributed by atoms with Crippen LogP contribution in [0.5, 0.6) is 0 Å². The maximum atomic E-state index is 8.91. The lowest BCUT2D eigenvalue weighted by Crippen LogP contribution is -2.08. The number of hydrogen-bond donors (Lipinski definition) is 3. The first-order chi connectivity index (χ1) is 8.15. The number of nitrogen functional groups attached to an aromatic ring is 2. The van der Waals surface area contributed by atoms with Gasteiger partial charge in [0.1, 0.15) is 17.2 Å². The molecule has 5 nitrogen and oxygen atoms in total. The Balaban J connectivity index is 2.53. The van der Waals surface area contributed by atoms with Crippen LogP contribution in [0.1, 0.15) is 5.56 Å². The largest absolute Gasteiger partial charge is 0.394 e. The molecular weight excluding hydrogens is 216 g/mol. The zero-order valence-corrected chi connectivity index (χ0v) is 9.72. The van der Waals surface area contributed by atoms with Crippen molar-refractivity contribution in [3.8, 4) is 11.3 Å². The fourth-order valence-corrected chi connectivity index (χ4v) is 1.79. The molecule has 90 valence electrons. The van der Waals surface area contributed by atoms with Gasteiger partial charge in [0, 0.05) is 5.56 Å². The van der Waals surface area contributed by atoms with Crippen molar-refractivity contribution in [3.05, 3.63) is 29.8 Å². The molecule has 0 fully saturated rings. The van der Waals surface area contributed by atoms with Gasteiger partial charge in [-0.3, -0.25) is 0 Å². The van der Waals surface area contributed by atoms with E-state index in [4.69, 9.17) is 16.6 Å². The molecule has 0 saturated carbocycles. The van der Waals surface area contributed by atoms with E-state index in [1.54, 1.807) is 0 Å². The molecule has 1 aromatic carbocycles. The van der Waals surface area contributed by atoms with Gasteiger partial charge in [-0.05, 0) is 12.5 Å². The summed E-state index contributed by atoms with van der Waals surface area (Å²) in [5, 5.41) is 13.2. The lowest BCUT2D eigenvalue weighted by Gasteiger charge is -2.02. The van der Waals surface area contributed by atoms with Gasteiger partial charge in [0.2, 0.25) is 0 Å². The van der Waals surface area contributed by atoms with Gasteiger partial charge in [-0.2, -0.15) is 5.10 Å². The Bertz CT molecular complexity index is 533. The number of benzene rings is 1. The summed E-state index contributed by atoms with van der Waals surface area (Å²) in [7, 11) is 0. The minimum Gasteiger partial charge on any atom is -0.394 e. The lowest BCUT2D eigenvalue weighted by atomic mass is 10.1. The number of hydrogen-bond acceptors (Lipinski definition) is 4. The molecular formula is C12H16N4O. The van der Waals surface area contributed by atoms with E-state index < -0.39 is 0 Å². The highest BCUT2D eigenvalue weighted by Crippen LogP contribution is 2.31. The summed E-state index contributed by atoms with van der Waals surface area (Å²) in [5.74, 6) is 0.400. The van der Waals surface area contributed by atoms with Crippen molar-refractivity contribution in [1.29, 1.82) is 0 Å². The molecule has 0 atom stereocenters. The summed E-state index contributed by atoms with van der Waals surface area (Å²) in [4.78, 5) is 0. The van der Waals surface area contributed by atoms with Gasteiger partial charge in [0.05, 0.1) is 13.2 Å². The first-order valence-corrected chi connectivity index (χ1v) is 5.43. The van der Waals surface area contributed by atoms with Gasteiger partial charge >= 0.3 is 0 Å². The molecule has 0 bridgehead atoms. The number of aliphatic hydroxyl groups is 1. The first kappa shape index (κ1) is 11.5. The summed E-state index contributed by atoms with van der Waals surface area (Å²) in [5.41, 5.74) is 15.0. The standard InChI is InChI=1S/C12H16N4O/c1-8-4-2-3-5-9(8)11-10(13)12(14)16(15-11)6-7-17/h2-5,17H,6-7,13-14H2,1H3. The van der Waals surface area contributed by atoms with Gasteiger partial charge in [-0.1, -0.05) is 24.3 Å². The molecule has 2 aromatic rings. The summed E-state index contributed by atoms with van der Waals surface area (Å²) in [6, 6.07) is 7.85. The molecule has 1 aromatic heterocycles. The Morgan fingerprint density at radius 3 is 2.65 bits per heavy atom. The van der Waals surface area contributed by atoms with Gasteiger partial charge in [0.25, 0.3) is 0 Å².